The number of imide groups is 1. The fraction of sp³-hybridized carbons (Fsp3) is 0. The third kappa shape index (κ3) is 1.93. The van der Waals surface area contributed by atoms with Crippen LogP contribution < -0.4 is 16.6 Å². The number of rotatable bonds is 2. The lowest BCUT2D eigenvalue weighted by molar-refractivity contribution is 0.0880. The molecule has 3 heterocycles. The van der Waals surface area contributed by atoms with Gasteiger partial charge in [0.25, 0.3) is 17.4 Å². The molecule has 1 aromatic carbocycles. The average Bonchev–Trinajstić information content (AvgIpc) is 3.17. The third-order valence-electron chi connectivity index (χ3n) is 3.87. The summed E-state index contributed by atoms with van der Waals surface area (Å²) in [6.45, 7) is 0. The number of fused-ring (bicyclic) bond motifs is 1. The van der Waals surface area contributed by atoms with E-state index in [1.54, 1.807) is 30.7 Å². The molecule has 0 saturated heterocycles. The van der Waals surface area contributed by atoms with E-state index in [0.29, 0.717) is 5.69 Å². The molecule has 0 aliphatic carbocycles. The SMILES string of the molecule is Nc1c2c(cc(=O)n1-c1cccc(-c3cnc[nH]3)c1)C(=O)NC2=O. The van der Waals surface area contributed by atoms with Crippen LogP contribution in [0.15, 0.2) is 47.7 Å². The van der Waals surface area contributed by atoms with Gasteiger partial charge in [0.1, 0.15) is 5.82 Å². The van der Waals surface area contributed by atoms with Crippen molar-refractivity contribution in [2.75, 3.05) is 5.73 Å². The Morgan fingerprint density at radius 2 is 1.92 bits per heavy atom. The first-order valence-electron chi connectivity index (χ1n) is 7.06. The van der Waals surface area contributed by atoms with E-state index in [2.05, 4.69) is 15.3 Å². The monoisotopic (exact) mass is 321 g/mol. The van der Waals surface area contributed by atoms with E-state index >= 15 is 0 Å². The first-order valence-corrected chi connectivity index (χ1v) is 7.06. The van der Waals surface area contributed by atoms with Crippen LogP contribution in [0.5, 0.6) is 0 Å². The Morgan fingerprint density at radius 3 is 2.67 bits per heavy atom. The first kappa shape index (κ1) is 13.9. The zero-order valence-electron chi connectivity index (χ0n) is 12.2. The molecule has 3 aromatic rings. The highest BCUT2D eigenvalue weighted by Crippen LogP contribution is 2.25. The quantitative estimate of drug-likeness (QED) is 0.599. The number of pyridine rings is 1. The van der Waals surface area contributed by atoms with Gasteiger partial charge in [-0.3, -0.25) is 24.3 Å². The number of aromatic amines is 1. The van der Waals surface area contributed by atoms with Gasteiger partial charge in [0, 0.05) is 11.6 Å². The van der Waals surface area contributed by atoms with Crippen LogP contribution in [0.4, 0.5) is 5.82 Å². The zero-order chi connectivity index (χ0) is 16.8. The number of carbonyl (C=O) groups is 2. The molecule has 0 spiro atoms. The Labute approximate surface area is 135 Å². The van der Waals surface area contributed by atoms with Crippen LogP contribution in [-0.4, -0.2) is 26.3 Å². The summed E-state index contributed by atoms with van der Waals surface area (Å²) >= 11 is 0. The Hall–Kier alpha value is -3.68. The Morgan fingerprint density at radius 1 is 1.08 bits per heavy atom. The number of H-pyrrole nitrogens is 1. The molecule has 8 nitrogen and oxygen atoms in total. The standard InChI is InChI=1S/C16H11N5O3/c17-14-13-10(15(23)20-16(13)24)5-12(22)21(14)9-3-1-2-8(4-9)11-6-18-7-19-11/h1-7H,17H2,(H,18,19)(H,20,23,24). The number of nitrogens with one attached hydrogen (secondary N) is 2. The number of aromatic nitrogens is 3. The van der Waals surface area contributed by atoms with E-state index < -0.39 is 17.4 Å². The van der Waals surface area contributed by atoms with Gasteiger partial charge in [-0.1, -0.05) is 12.1 Å². The number of nitrogens with two attached hydrogens (primary N) is 1. The molecule has 8 heteroatoms. The van der Waals surface area contributed by atoms with Gasteiger partial charge in [0.05, 0.1) is 35.0 Å². The second kappa shape index (κ2) is 4.92. The molecule has 4 N–H and O–H groups in total. The molecule has 4 rings (SSSR count). The molecule has 0 bridgehead atoms. The number of carbonyl (C=O) groups excluding carboxylic acids is 2. The van der Waals surface area contributed by atoms with Gasteiger partial charge >= 0.3 is 0 Å². The fourth-order valence-electron chi connectivity index (χ4n) is 2.77. The maximum absolute atomic E-state index is 12.4. The molecule has 2 amide bonds. The normalized spacial score (nSPS) is 13.0. The van der Waals surface area contributed by atoms with E-state index in [0.717, 1.165) is 17.3 Å². The minimum Gasteiger partial charge on any atom is -0.384 e. The van der Waals surface area contributed by atoms with Crippen LogP contribution in [0.3, 0.4) is 0 Å². The molecule has 24 heavy (non-hydrogen) atoms. The lowest BCUT2D eigenvalue weighted by Crippen LogP contribution is -2.24. The summed E-state index contributed by atoms with van der Waals surface area (Å²) in [7, 11) is 0. The van der Waals surface area contributed by atoms with E-state index in [1.807, 2.05) is 6.07 Å². The number of amides is 2. The van der Waals surface area contributed by atoms with Gasteiger partial charge < -0.3 is 10.7 Å². The molecule has 1 aliphatic heterocycles. The Bertz CT molecular complexity index is 1050. The maximum atomic E-state index is 12.4. The molecule has 0 saturated carbocycles. The van der Waals surface area contributed by atoms with Gasteiger partial charge in [0.2, 0.25) is 0 Å². The molecular formula is C16H11N5O3. The topological polar surface area (TPSA) is 123 Å². The van der Waals surface area contributed by atoms with Crippen molar-refractivity contribution >= 4 is 17.6 Å². The lowest BCUT2D eigenvalue weighted by atomic mass is 10.1. The molecule has 0 fully saturated rings. The molecular weight excluding hydrogens is 310 g/mol. The fourth-order valence-corrected chi connectivity index (χ4v) is 2.77. The predicted octanol–water partition coefficient (Wildman–Crippen LogP) is 0.693. The van der Waals surface area contributed by atoms with Gasteiger partial charge in [0.15, 0.2) is 0 Å². The Kier molecular flexibility index (Phi) is 2.86. The van der Waals surface area contributed by atoms with Crippen molar-refractivity contribution in [2.45, 2.75) is 0 Å². The molecule has 0 unspecified atom stereocenters. The zero-order valence-corrected chi connectivity index (χ0v) is 12.2. The average molecular weight is 321 g/mol. The highest BCUT2D eigenvalue weighted by atomic mass is 16.2. The van der Waals surface area contributed by atoms with Gasteiger partial charge in [-0.05, 0) is 12.1 Å². The van der Waals surface area contributed by atoms with Gasteiger partial charge in [-0.15, -0.1) is 0 Å². The summed E-state index contributed by atoms with van der Waals surface area (Å²) in [4.78, 5) is 43.0. The number of anilines is 1. The number of hydrogen-bond acceptors (Lipinski definition) is 5. The van der Waals surface area contributed by atoms with Crippen LogP contribution >= 0.6 is 0 Å². The van der Waals surface area contributed by atoms with Crippen molar-refractivity contribution in [3.63, 3.8) is 0 Å². The number of nitrogens with zero attached hydrogens (tertiary/aromatic N) is 2. The molecule has 118 valence electrons. The van der Waals surface area contributed by atoms with Crippen LogP contribution in [0.25, 0.3) is 16.9 Å². The van der Waals surface area contributed by atoms with Crippen LogP contribution in [0.1, 0.15) is 20.7 Å². The minimum atomic E-state index is -0.614. The van der Waals surface area contributed by atoms with Gasteiger partial charge in [-0.2, -0.15) is 0 Å². The first-order chi connectivity index (χ1) is 11.6. The van der Waals surface area contributed by atoms with Crippen LogP contribution in [0, 0.1) is 0 Å². The highest BCUT2D eigenvalue weighted by Gasteiger charge is 2.31. The number of benzene rings is 1. The van der Waals surface area contributed by atoms with Crippen molar-refractivity contribution in [3.05, 3.63) is 64.3 Å². The van der Waals surface area contributed by atoms with E-state index in [-0.39, 0.29) is 16.9 Å². The molecule has 1 aliphatic rings. The van der Waals surface area contributed by atoms with Crippen molar-refractivity contribution in [3.8, 4) is 16.9 Å². The van der Waals surface area contributed by atoms with Crippen molar-refractivity contribution in [1.82, 2.24) is 19.9 Å². The molecule has 2 aromatic heterocycles. The largest absolute Gasteiger partial charge is 0.384 e. The Balaban J connectivity index is 1.94. The van der Waals surface area contributed by atoms with Crippen LogP contribution in [-0.2, 0) is 0 Å². The minimum absolute atomic E-state index is 0.00322. The molecule has 0 radical (unpaired) electrons. The predicted molar refractivity (Wildman–Crippen MR) is 85.8 cm³/mol. The van der Waals surface area contributed by atoms with Crippen molar-refractivity contribution in [1.29, 1.82) is 0 Å². The summed E-state index contributed by atoms with van der Waals surface area (Å²) in [6.07, 6.45) is 3.20. The summed E-state index contributed by atoms with van der Waals surface area (Å²) < 4.78 is 1.21. The van der Waals surface area contributed by atoms with E-state index in [4.69, 9.17) is 5.73 Å². The summed E-state index contributed by atoms with van der Waals surface area (Å²) in [5.41, 5.74) is 7.62. The summed E-state index contributed by atoms with van der Waals surface area (Å²) in [6, 6.07) is 8.16. The smallest absolute Gasteiger partial charge is 0.262 e. The second-order valence-electron chi connectivity index (χ2n) is 5.29. The molecule has 0 atom stereocenters. The summed E-state index contributed by atoms with van der Waals surface area (Å²) in [5, 5.41) is 2.14. The third-order valence-corrected chi connectivity index (χ3v) is 3.87. The van der Waals surface area contributed by atoms with E-state index in [1.165, 1.54) is 4.57 Å². The van der Waals surface area contributed by atoms with Gasteiger partial charge in [-0.25, -0.2) is 4.98 Å². The highest BCUT2D eigenvalue weighted by molar-refractivity contribution is 6.23. The maximum Gasteiger partial charge on any atom is 0.262 e. The van der Waals surface area contributed by atoms with Crippen LogP contribution in [0.2, 0.25) is 0 Å². The number of hydrogen-bond donors (Lipinski definition) is 3. The van der Waals surface area contributed by atoms with E-state index in [9.17, 15) is 14.4 Å². The number of imidazole rings is 1. The number of nitrogen functional groups attached to an aromatic ring is 1. The lowest BCUT2D eigenvalue weighted by Gasteiger charge is -2.12. The second-order valence-corrected chi connectivity index (χ2v) is 5.29. The summed E-state index contributed by atoms with van der Waals surface area (Å²) in [5.74, 6) is -1.29. The van der Waals surface area contributed by atoms with Crippen molar-refractivity contribution in [2.24, 2.45) is 0 Å². The van der Waals surface area contributed by atoms with Crippen molar-refractivity contribution < 1.29 is 9.59 Å².